The fourth-order valence-corrected chi connectivity index (χ4v) is 2.12. The molecule has 0 amide bonds. The maximum atomic E-state index is 11.8. The monoisotopic (exact) mass is 285 g/mol. The van der Waals surface area contributed by atoms with Gasteiger partial charge in [0.1, 0.15) is 0 Å². The molecule has 1 aliphatic carbocycles. The molecule has 1 rings (SSSR count). The minimum Gasteiger partial charge on any atom is -0.389 e. The minimum atomic E-state index is -4.37. The summed E-state index contributed by atoms with van der Waals surface area (Å²) in [6.45, 7) is 0.817. The van der Waals surface area contributed by atoms with Crippen molar-refractivity contribution in [3.05, 3.63) is 0 Å². The topological polar surface area (TPSA) is 50.7 Å². The predicted molar refractivity (Wildman–Crippen MR) is 63.4 cm³/mol. The summed E-state index contributed by atoms with van der Waals surface area (Å²) in [5, 5.41) is 9.53. The van der Waals surface area contributed by atoms with E-state index in [0.717, 1.165) is 19.3 Å². The third-order valence-electron chi connectivity index (χ3n) is 3.07. The highest BCUT2D eigenvalue weighted by Crippen LogP contribution is 2.25. The van der Waals surface area contributed by atoms with Crippen LogP contribution >= 0.6 is 0 Å². The average Bonchev–Trinajstić information content (AvgIpc) is 2.31. The normalized spacial score (nSPS) is 26.4. The second-order valence-corrected chi connectivity index (χ2v) is 5.13. The van der Waals surface area contributed by atoms with Crippen LogP contribution in [0.4, 0.5) is 13.2 Å². The maximum Gasteiger partial charge on any atom is 0.413 e. The summed E-state index contributed by atoms with van der Waals surface area (Å²) in [4.78, 5) is 4.19. The zero-order valence-electron chi connectivity index (χ0n) is 11.1. The van der Waals surface area contributed by atoms with Crippen molar-refractivity contribution >= 4 is 0 Å². The number of ether oxygens (including phenoxy) is 1. The van der Waals surface area contributed by atoms with Gasteiger partial charge >= 0.3 is 6.18 Å². The average molecular weight is 285 g/mol. The van der Waals surface area contributed by atoms with Gasteiger partial charge in [0.05, 0.1) is 18.8 Å². The van der Waals surface area contributed by atoms with Crippen molar-refractivity contribution < 1.29 is 27.9 Å². The van der Waals surface area contributed by atoms with Crippen molar-refractivity contribution in [2.24, 2.45) is 5.92 Å². The minimum absolute atomic E-state index is 0.0850. The second-order valence-electron chi connectivity index (χ2n) is 5.13. The first kappa shape index (κ1) is 16.7. The van der Waals surface area contributed by atoms with Crippen LogP contribution in [0.15, 0.2) is 0 Å². The van der Waals surface area contributed by atoms with E-state index in [2.05, 4.69) is 17.2 Å². The zero-order valence-corrected chi connectivity index (χ0v) is 11.1. The van der Waals surface area contributed by atoms with Gasteiger partial charge < -0.3 is 9.84 Å². The zero-order chi connectivity index (χ0) is 14.3. The van der Waals surface area contributed by atoms with E-state index < -0.39 is 18.9 Å². The van der Waals surface area contributed by atoms with Crippen LogP contribution in [0.1, 0.15) is 32.6 Å². The molecule has 0 aromatic heterocycles. The maximum absolute atomic E-state index is 11.8. The molecule has 3 unspecified atom stereocenters. The first-order valence-electron chi connectivity index (χ1n) is 6.58. The number of alkyl halides is 3. The van der Waals surface area contributed by atoms with E-state index in [9.17, 15) is 18.3 Å². The van der Waals surface area contributed by atoms with E-state index in [1.807, 2.05) is 0 Å². The molecule has 3 atom stereocenters. The Labute approximate surface area is 111 Å². The highest BCUT2D eigenvalue weighted by molar-refractivity contribution is 4.71. The molecule has 114 valence electrons. The van der Waals surface area contributed by atoms with Gasteiger partial charge in [0, 0.05) is 6.54 Å². The summed E-state index contributed by atoms with van der Waals surface area (Å²) in [6, 6.07) is 0. The quantitative estimate of drug-likeness (QED) is 0.555. The summed E-state index contributed by atoms with van der Waals surface area (Å²) < 4.78 is 40.8. The van der Waals surface area contributed by atoms with Crippen LogP contribution in [0.5, 0.6) is 0 Å². The lowest BCUT2D eigenvalue weighted by molar-refractivity contribution is -0.191. The summed E-state index contributed by atoms with van der Waals surface area (Å²) in [5.41, 5.74) is 2.09. The van der Waals surface area contributed by atoms with E-state index in [-0.39, 0.29) is 19.3 Å². The standard InChI is InChI=1S/C12H22F3NO3/c1-9-3-2-4-11(5-9)18-7-10(17)6-16-19-8-12(13,14)15/h9-11,16-17H,2-8H2,1H3. The highest BCUT2D eigenvalue weighted by Gasteiger charge is 2.27. The molecule has 2 N–H and O–H groups in total. The number of hydroxylamine groups is 1. The molecule has 0 bridgehead atoms. The Morgan fingerprint density at radius 2 is 2.11 bits per heavy atom. The lowest BCUT2D eigenvalue weighted by atomic mass is 9.89. The first-order valence-corrected chi connectivity index (χ1v) is 6.58. The highest BCUT2D eigenvalue weighted by atomic mass is 19.4. The van der Waals surface area contributed by atoms with Gasteiger partial charge in [-0.1, -0.05) is 19.8 Å². The molecular formula is C12H22F3NO3. The SMILES string of the molecule is CC1CCCC(OCC(O)CNOCC(F)(F)F)C1. The molecule has 4 nitrogen and oxygen atoms in total. The lowest BCUT2D eigenvalue weighted by Gasteiger charge is -2.27. The molecule has 1 fully saturated rings. The summed E-state index contributed by atoms with van der Waals surface area (Å²) in [5.74, 6) is 0.629. The van der Waals surface area contributed by atoms with Crippen LogP contribution in [0, 0.1) is 5.92 Å². The van der Waals surface area contributed by atoms with Crippen LogP contribution in [-0.2, 0) is 9.57 Å². The van der Waals surface area contributed by atoms with Crippen molar-refractivity contribution in [3.8, 4) is 0 Å². The Balaban J connectivity index is 2.03. The molecule has 7 heteroatoms. The molecule has 0 spiro atoms. The number of rotatable bonds is 7. The Kier molecular flexibility index (Phi) is 7.06. The van der Waals surface area contributed by atoms with Crippen molar-refractivity contribution in [1.29, 1.82) is 0 Å². The lowest BCUT2D eigenvalue weighted by Crippen LogP contribution is -2.35. The summed E-state index contributed by atoms with van der Waals surface area (Å²) in [7, 11) is 0. The Morgan fingerprint density at radius 3 is 2.74 bits per heavy atom. The molecule has 1 saturated carbocycles. The number of halogens is 3. The Bertz CT molecular complexity index is 251. The number of hydrogen-bond acceptors (Lipinski definition) is 4. The van der Waals surface area contributed by atoms with Gasteiger partial charge in [-0.2, -0.15) is 18.7 Å². The van der Waals surface area contributed by atoms with Crippen molar-refractivity contribution in [2.45, 2.75) is 51.0 Å². The second kappa shape index (κ2) is 8.04. The molecule has 0 saturated heterocycles. The van der Waals surface area contributed by atoms with Crippen LogP contribution < -0.4 is 5.48 Å². The fraction of sp³-hybridized carbons (Fsp3) is 1.00. The molecule has 19 heavy (non-hydrogen) atoms. The molecule has 0 heterocycles. The van der Waals surface area contributed by atoms with Crippen molar-refractivity contribution in [3.63, 3.8) is 0 Å². The van der Waals surface area contributed by atoms with Gasteiger partial charge in [-0.3, -0.25) is 4.84 Å². The van der Waals surface area contributed by atoms with Crippen molar-refractivity contribution in [2.75, 3.05) is 19.8 Å². The van der Waals surface area contributed by atoms with Crippen LogP contribution in [0.2, 0.25) is 0 Å². The van der Waals surface area contributed by atoms with Gasteiger partial charge in [0.25, 0.3) is 0 Å². The summed E-state index contributed by atoms with van der Waals surface area (Å²) in [6.07, 6.45) is -0.809. The largest absolute Gasteiger partial charge is 0.413 e. The van der Waals surface area contributed by atoms with Gasteiger partial charge in [-0.05, 0) is 18.8 Å². The number of aliphatic hydroxyl groups excluding tert-OH is 1. The third kappa shape index (κ3) is 8.41. The van der Waals surface area contributed by atoms with E-state index in [0.29, 0.717) is 5.92 Å². The molecule has 1 aliphatic rings. The molecule has 0 aromatic rings. The number of nitrogens with one attached hydrogen (secondary N) is 1. The van der Waals surface area contributed by atoms with E-state index in [1.165, 1.54) is 6.42 Å². The number of hydrogen-bond donors (Lipinski definition) is 2. The van der Waals surface area contributed by atoms with Gasteiger partial charge in [-0.15, -0.1) is 0 Å². The van der Waals surface area contributed by atoms with E-state index in [4.69, 9.17) is 4.74 Å². The van der Waals surface area contributed by atoms with Crippen LogP contribution in [-0.4, -0.2) is 43.2 Å². The van der Waals surface area contributed by atoms with Crippen LogP contribution in [0.3, 0.4) is 0 Å². The summed E-state index contributed by atoms with van der Waals surface area (Å²) >= 11 is 0. The molecule has 0 aromatic carbocycles. The Morgan fingerprint density at radius 1 is 1.37 bits per heavy atom. The van der Waals surface area contributed by atoms with E-state index in [1.54, 1.807) is 0 Å². The first-order chi connectivity index (χ1) is 8.87. The number of aliphatic hydroxyl groups is 1. The van der Waals surface area contributed by atoms with E-state index >= 15 is 0 Å². The van der Waals surface area contributed by atoms with Gasteiger partial charge in [0.2, 0.25) is 0 Å². The van der Waals surface area contributed by atoms with Gasteiger partial charge in [-0.25, -0.2) is 0 Å². The molecule has 0 radical (unpaired) electrons. The fourth-order valence-electron chi connectivity index (χ4n) is 2.12. The van der Waals surface area contributed by atoms with Crippen LogP contribution in [0.25, 0.3) is 0 Å². The van der Waals surface area contributed by atoms with Gasteiger partial charge in [0.15, 0.2) is 6.61 Å². The predicted octanol–water partition coefficient (Wildman–Crippen LogP) is 2.03. The Hall–Kier alpha value is -0.370. The molecular weight excluding hydrogens is 263 g/mol. The smallest absolute Gasteiger partial charge is 0.389 e. The van der Waals surface area contributed by atoms with Crippen molar-refractivity contribution in [1.82, 2.24) is 5.48 Å². The molecule has 0 aliphatic heterocycles. The third-order valence-corrected chi connectivity index (χ3v) is 3.07.